The molecule has 7 nitrogen and oxygen atoms in total. The van der Waals surface area contributed by atoms with E-state index in [0.29, 0.717) is 42.7 Å². The van der Waals surface area contributed by atoms with Crippen LogP contribution in [-0.2, 0) is 18.0 Å². The Balaban J connectivity index is 1.44. The molecule has 1 fully saturated rings. The molecule has 0 spiro atoms. The van der Waals surface area contributed by atoms with Crippen LogP contribution in [0.25, 0.3) is 11.0 Å². The average Bonchev–Trinajstić information content (AvgIpc) is 3.29. The van der Waals surface area contributed by atoms with Gasteiger partial charge in [-0.25, -0.2) is 4.98 Å². The summed E-state index contributed by atoms with van der Waals surface area (Å²) in [6.07, 6.45) is 4.47. The molecule has 3 N–H and O–H groups in total. The van der Waals surface area contributed by atoms with Gasteiger partial charge in [0.1, 0.15) is 11.5 Å². The summed E-state index contributed by atoms with van der Waals surface area (Å²) in [6.45, 7) is 5.53. The van der Waals surface area contributed by atoms with Crippen molar-refractivity contribution < 1.29 is 9.53 Å². The Hall–Kier alpha value is -2.93. The van der Waals surface area contributed by atoms with Crippen molar-refractivity contribution in [3.8, 4) is 0 Å². The molecular weight excluding hydrogens is 366 g/mol. The molecule has 1 aliphatic carbocycles. The number of nitrogens with zero attached hydrogens (tertiary/aromatic N) is 3. The quantitative estimate of drug-likeness (QED) is 0.692. The van der Waals surface area contributed by atoms with Crippen LogP contribution in [0.15, 0.2) is 24.4 Å². The molecule has 0 radical (unpaired) electrons. The van der Waals surface area contributed by atoms with E-state index >= 15 is 0 Å². The predicted octanol–water partition coefficient (Wildman–Crippen LogP) is 3.67. The number of nitrogens with one attached hydrogen (secondary N) is 1. The van der Waals surface area contributed by atoms with Crippen LogP contribution < -0.4 is 5.73 Å². The van der Waals surface area contributed by atoms with Gasteiger partial charge in [-0.1, -0.05) is 6.07 Å². The summed E-state index contributed by atoms with van der Waals surface area (Å²) in [5.41, 5.74) is 12.2. The Morgan fingerprint density at radius 1 is 1.34 bits per heavy atom. The number of carbonyl (C=O) groups is 1. The van der Waals surface area contributed by atoms with Gasteiger partial charge in [-0.05, 0) is 50.3 Å². The van der Waals surface area contributed by atoms with E-state index in [2.05, 4.69) is 21.0 Å². The lowest BCUT2D eigenvalue weighted by Gasteiger charge is -2.27. The second-order valence-electron chi connectivity index (χ2n) is 7.95. The van der Waals surface area contributed by atoms with Crippen molar-refractivity contribution in [3.05, 3.63) is 52.5 Å². The van der Waals surface area contributed by atoms with Crippen LogP contribution in [0.1, 0.15) is 71.5 Å². The number of nitrogens with two attached hydrogens (primary N) is 1. The van der Waals surface area contributed by atoms with Crippen LogP contribution >= 0.6 is 0 Å². The first kappa shape index (κ1) is 18.1. The molecule has 0 saturated heterocycles. The minimum absolute atomic E-state index is 0.0719. The molecule has 1 atom stereocenters. The number of hydrogen-bond donors (Lipinski definition) is 2. The highest BCUT2D eigenvalue weighted by molar-refractivity contribution is 5.98. The number of aromatic nitrogens is 3. The Bertz CT molecular complexity index is 1080. The summed E-state index contributed by atoms with van der Waals surface area (Å²) in [7, 11) is 0. The maximum Gasteiger partial charge on any atom is 0.270 e. The molecule has 3 aromatic rings. The lowest BCUT2D eigenvalue weighted by atomic mass is 10.1. The standard InChI is InChI=1S/C22H25N5O2/c1-3-27(12(2)17-7-6-14(9-24-17)13-4-5-13)22(28)19-8-18-20(25-19)15-10-29-11-16(15)21(23)26-18/h6-9,12-13,25H,3-5,10-11H2,1-2H3,(H2,23,26)/t12-/m1/s1. The largest absolute Gasteiger partial charge is 0.383 e. The van der Waals surface area contributed by atoms with Gasteiger partial charge in [-0.15, -0.1) is 0 Å². The van der Waals surface area contributed by atoms with Gasteiger partial charge in [0, 0.05) is 23.9 Å². The number of aromatic amines is 1. The third-order valence-corrected chi connectivity index (χ3v) is 6.09. The topological polar surface area (TPSA) is 97.1 Å². The number of H-pyrrole nitrogens is 1. The summed E-state index contributed by atoms with van der Waals surface area (Å²) in [5, 5.41) is 0. The van der Waals surface area contributed by atoms with Gasteiger partial charge in [0.05, 0.1) is 36.0 Å². The molecule has 150 valence electrons. The number of ether oxygens (including phenoxy) is 1. The van der Waals surface area contributed by atoms with E-state index in [1.165, 1.54) is 18.4 Å². The van der Waals surface area contributed by atoms with E-state index in [4.69, 9.17) is 10.5 Å². The fourth-order valence-electron chi connectivity index (χ4n) is 4.19. The fraction of sp³-hybridized carbons (Fsp3) is 0.409. The van der Waals surface area contributed by atoms with Crippen molar-refractivity contribution in [2.24, 2.45) is 0 Å². The summed E-state index contributed by atoms with van der Waals surface area (Å²) in [6, 6.07) is 5.85. The summed E-state index contributed by atoms with van der Waals surface area (Å²) in [4.78, 5) is 27.5. The van der Waals surface area contributed by atoms with Gasteiger partial charge in [0.25, 0.3) is 5.91 Å². The number of rotatable bonds is 5. The molecule has 4 heterocycles. The number of hydrogen-bond acceptors (Lipinski definition) is 5. The molecule has 29 heavy (non-hydrogen) atoms. The number of pyridine rings is 2. The van der Waals surface area contributed by atoms with Gasteiger partial charge in [0.2, 0.25) is 0 Å². The zero-order valence-corrected chi connectivity index (χ0v) is 16.7. The highest BCUT2D eigenvalue weighted by atomic mass is 16.5. The van der Waals surface area contributed by atoms with E-state index < -0.39 is 0 Å². The van der Waals surface area contributed by atoms with Crippen LogP contribution in [0.2, 0.25) is 0 Å². The van der Waals surface area contributed by atoms with Gasteiger partial charge in [0.15, 0.2) is 0 Å². The Morgan fingerprint density at radius 3 is 2.83 bits per heavy atom. The van der Waals surface area contributed by atoms with Crippen LogP contribution in [0.3, 0.4) is 0 Å². The Kier molecular flexibility index (Phi) is 4.28. The van der Waals surface area contributed by atoms with Gasteiger partial charge in [-0.2, -0.15) is 0 Å². The summed E-state index contributed by atoms with van der Waals surface area (Å²) in [5.74, 6) is 1.08. The summed E-state index contributed by atoms with van der Waals surface area (Å²) >= 11 is 0. The third kappa shape index (κ3) is 3.06. The van der Waals surface area contributed by atoms with Crippen molar-refractivity contribution in [2.75, 3.05) is 12.3 Å². The van der Waals surface area contributed by atoms with Gasteiger partial charge in [-0.3, -0.25) is 9.78 Å². The molecule has 0 unspecified atom stereocenters. The maximum atomic E-state index is 13.3. The van der Waals surface area contributed by atoms with Crippen LogP contribution in [0.5, 0.6) is 0 Å². The third-order valence-electron chi connectivity index (χ3n) is 6.09. The predicted molar refractivity (Wildman–Crippen MR) is 110 cm³/mol. The monoisotopic (exact) mass is 391 g/mol. The van der Waals surface area contributed by atoms with Crippen molar-refractivity contribution >= 4 is 22.8 Å². The normalized spacial score (nSPS) is 16.8. The molecule has 2 aliphatic rings. The van der Waals surface area contributed by atoms with E-state index in [0.717, 1.165) is 22.3 Å². The molecule has 5 rings (SSSR count). The molecule has 0 bridgehead atoms. The molecule has 1 amide bonds. The molecule has 7 heteroatoms. The minimum Gasteiger partial charge on any atom is -0.383 e. The first-order chi connectivity index (χ1) is 14.1. The van der Waals surface area contributed by atoms with Crippen molar-refractivity contribution in [3.63, 3.8) is 0 Å². The molecule has 0 aromatic carbocycles. The molecular formula is C22H25N5O2. The minimum atomic E-state index is -0.126. The number of carbonyl (C=O) groups excluding carboxylic acids is 1. The highest BCUT2D eigenvalue weighted by Gasteiger charge is 2.27. The fourth-order valence-corrected chi connectivity index (χ4v) is 4.19. The second kappa shape index (κ2) is 6.84. The van der Waals surface area contributed by atoms with Crippen LogP contribution in [0.4, 0.5) is 5.82 Å². The average molecular weight is 391 g/mol. The van der Waals surface area contributed by atoms with E-state index in [-0.39, 0.29) is 11.9 Å². The smallest absolute Gasteiger partial charge is 0.270 e. The molecule has 1 saturated carbocycles. The van der Waals surface area contributed by atoms with Crippen molar-refractivity contribution in [1.29, 1.82) is 0 Å². The van der Waals surface area contributed by atoms with E-state index in [9.17, 15) is 4.79 Å². The number of nitrogen functional groups attached to an aromatic ring is 1. The SMILES string of the molecule is CCN(C(=O)c1cc2nc(N)c3c(c2[nH]1)COC3)[C@H](C)c1ccc(C2CC2)cn1. The van der Waals surface area contributed by atoms with Crippen LogP contribution in [-0.4, -0.2) is 32.3 Å². The Labute approximate surface area is 169 Å². The molecule has 3 aromatic heterocycles. The number of anilines is 1. The molecule has 1 aliphatic heterocycles. The number of fused-ring (bicyclic) bond motifs is 3. The van der Waals surface area contributed by atoms with Gasteiger partial charge < -0.3 is 20.4 Å². The maximum absolute atomic E-state index is 13.3. The number of amides is 1. The van der Waals surface area contributed by atoms with E-state index in [1.54, 1.807) is 6.07 Å². The highest BCUT2D eigenvalue weighted by Crippen LogP contribution is 2.40. The summed E-state index contributed by atoms with van der Waals surface area (Å²) < 4.78 is 5.53. The zero-order valence-electron chi connectivity index (χ0n) is 16.7. The second-order valence-corrected chi connectivity index (χ2v) is 7.95. The van der Waals surface area contributed by atoms with Crippen molar-refractivity contribution in [2.45, 2.75) is 51.9 Å². The first-order valence-corrected chi connectivity index (χ1v) is 10.2. The van der Waals surface area contributed by atoms with Gasteiger partial charge >= 0.3 is 0 Å². The van der Waals surface area contributed by atoms with Crippen LogP contribution in [0, 0.1) is 0 Å². The first-order valence-electron chi connectivity index (χ1n) is 10.2. The van der Waals surface area contributed by atoms with Crippen molar-refractivity contribution in [1.82, 2.24) is 19.9 Å². The van der Waals surface area contributed by atoms with E-state index in [1.807, 2.05) is 31.0 Å². The Morgan fingerprint density at radius 2 is 2.14 bits per heavy atom. The lowest BCUT2D eigenvalue weighted by molar-refractivity contribution is 0.0694. The lowest BCUT2D eigenvalue weighted by Crippen LogP contribution is -2.34. The zero-order chi connectivity index (χ0) is 20.1.